The summed E-state index contributed by atoms with van der Waals surface area (Å²) in [4.78, 5) is 14.6. The van der Waals surface area contributed by atoms with Gasteiger partial charge in [-0.3, -0.25) is 4.79 Å². The van der Waals surface area contributed by atoms with Crippen molar-refractivity contribution in [2.24, 2.45) is 11.7 Å². The number of carbonyl (C=O) groups is 1. The van der Waals surface area contributed by atoms with Crippen molar-refractivity contribution in [3.8, 4) is 0 Å². The van der Waals surface area contributed by atoms with Crippen LogP contribution in [0.3, 0.4) is 0 Å². The highest BCUT2D eigenvalue weighted by Crippen LogP contribution is 2.37. The van der Waals surface area contributed by atoms with E-state index in [0.717, 1.165) is 37.2 Å². The molecule has 1 aliphatic heterocycles. The molecule has 1 amide bonds. The Bertz CT molecular complexity index is 520. The first-order valence-electron chi connectivity index (χ1n) is 7.53. The third kappa shape index (κ3) is 1.91. The van der Waals surface area contributed by atoms with E-state index in [1.54, 1.807) is 11.3 Å². The van der Waals surface area contributed by atoms with E-state index >= 15 is 0 Å². The van der Waals surface area contributed by atoms with E-state index in [0.29, 0.717) is 5.92 Å². The molecule has 1 aromatic rings. The van der Waals surface area contributed by atoms with E-state index in [9.17, 15) is 4.79 Å². The minimum atomic E-state index is -0.00950. The molecule has 2 aliphatic carbocycles. The van der Waals surface area contributed by atoms with Gasteiger partial charge in [-0.1, -0.05) is 0 Å². The summed E-state index contributed by atoms with van der Waals surface area (Å²) >= 11 is 1.64. The highest BCUT2D eigenvalue weighted by Gasteiger charge is 2.51. The molecule has 5 heteroatoms. The molecule has 2 heterocycles. The second-order valence-electron chi connectivity index (χ2n) is 6.13. The minimum absolute atomic E-state index is 0.00950. The average molecular weight is 292 g/mol. The van der Waals surface area contributed by atoms with E-state index in [1.165, 1.54) is 16.9 Å². The van der Waals surface area contributed by atoms with Gasteiger partial charge in [-0.05, 0) is 43.7 Å². The third-order valence-corrected chi connectivity index (χ3v) is 6.18. The Labute approximate surface area is 122 Å². The zero-order valence-corrected chi connectivity index (χ0v) is 12.2. The number of fused-ring (bicyclic) bond motifs is 2. The molecule has 0 bridgehead atoms. The number of amides is 1. The van der Waals surface area contributed by atoms with Crippen LogP contribution in [0.4, 0.5) is 0 Å². The minimum Gasteiger partial charge on any atom is -0.376 e. The number of nitrogens with two attached hydrogens (primary N) is 1. The molecule has 4 atom stereocenters. The molecule has 4 unspecified atom stereocenters. The molecule has 1 saturated heterocycles. The van der Waals surface area contributed by atoms with E-state index in [4.69, 9.17) is 10.5 Å². The van der Waals surface area contributed by atoms with E-state index in [-0.39, 0.29) is 24.1 Å². The molecule has 108 valence electrons. The summed E-state index contributed by atoms with van der Waals surface area (Å²) < 4.78 is 5.77. The van der Waals surface area contributed by atoms with Gasteiger partial charge in [0.2, 0.25) is 0 Å². The van der Waals surface area contributed by atoms with Gasteiger partial charge in [-0.15, -0.1) is 11.3 Å². The van der Waals surface area contributed by atoms with Crippen LogP contribution >= 0.6 is 11.3 Å². The van der Waals surface area contributed by atoms with Gasteiger partial charge >= 0.3 is 0 Å². The Morgan fingerprint density at radius 1 is 1.40 bits per heavy atom. The van der Waals surface area contributed by atoms with Gasteiger partial charge in [0.05, 0.1) is 17.0 Å². The maximum absolute atomic E-state index is 12.4. The Hall–Kier alpha value is -0.910. The van der Waals surface area contributed by atoms with Crippen molar-refractivity contribution >= 4 is 17.2 Å². The first-order chi connectivity index (χ1) is 9.74. The predicted octanol–water partition coefficient (Wildman–Crippen LogP) is 1.47. The summed E-state index contributed by atoms with van der Waals surface area (Å²) in [6.07, 6.45) is 5.83. The Morgan fingerprint density at radius 3 is 3.15 bits per heavy atom. The number of ether oxygens (including phenoxy) is 1. The van der Waals surface area contributed by atoms with E-state index in [1.807, 2.05) is 0 Å². The molecule has 0 radical (unpaired) electrons. The van der Waals surface area contributed by atoms with Crippen LogP contribution in [0.2, 0.25) is 0 Å². The van der Waals surface area contributed by atoms with Crippen molar-refractivity contribution in [1.29, 1.82) is 0 Å². The SMILES string of the molecule is NC1C2CCCOC2C1NC(=O)c1cc2c(s1)CCC2. The lowest BCUT2D eigenvalue weighted by Gasteiger charge is -2.52. The van der Waals surface area contributed by atoms with Crippen molar-refractivity contribution in [3.05, 3.63) is 21.4 Å². The van der Waals surface area contributed by atoms with E-state index in [2.05, 4.69) is 11.4 Å². The smallest absolute Gasteiger partial charge is 0.261 e. The molecule has 1 aromatic heterocycles. The average Bonchev–Trinajstić information content (AvgIpc) is 3.05. The molecule has 2 fully saturated rings. The maximum Gasteiger partial charge on any atom is 0.261 e. The predicted molar refractivity (Wildman–Crippen MR) is 78.0 cm³/mol. The van der Waals surface area contributed by atoms with Crippen LogP contribution in [0.15, 0.2) is 6.07 Å². The molecule has 20 heavy (non-hydrogen) atoms. The first-order valence-corrected chi connectivity index (χ1v) is 8.35. The van der Waals surface area contributed by atoms with Crippen molar-refractivity contribution in [3.63, 3.8) is 0 Å². The summed E-state index contributed by atoms with van der Waals surface area (Å²) in [5.74, 6) is 0.458. The van der Waals surface area contributed by atoms with Crippen LogP contribution in [0.25, 0.3) is 0 Å². The highest BCUT2D eigenvalue weighted by atomic mass is 32.1. The van der Waals surface area contributed by atoms with Crippen LogP contribution in [0.1, 0.15) is 39.4 Å². The molecule has 1 saturated carbocycles. The second kappa shape index (κ2) is 4.83. The zero-order valence-electron chi connectivity index (χ0n) is 11.4. The van der Waals surface area contributed by atoms with Crippen molar-refractivity contribution < 1.29 is 9.53 Å². The fraction of sp³-hybridized carbons (Fsp3) is 0.667. The number of rotatable bonds is 2. The lowest BCUT2D eigenvalue weighted by molar-refractivity contribution is -0.117. The number of nitrogens with one attached hydrogen (secondary N) is 1. The van der Waals surface area contributed by atoms with Crippen LogP contribution in [-0.4, -0.2) is 30.7 Å². The van der Waals surface area contributed by atoms with Gasteiger partial charge in [-0.25, -0.2) is 0 Å². The Morgan fingerprint density at radius 2 is 2.30 bits per heavy atom. The molecule has 0 aromatic carbocycles. The number of thiophene rings is 1. The quantitative estimate of drug-likeness (QED) is 0.867. The first kappa shape index (κ1) is 12.8. The fourth-order valence-corrected chi connectivity index (χ4v) is 4.95. The maximum atomic E-state index is 12.4. The topological polar surface area (TPSA) is 64.3 Å². The van der Waals surface area contributed by atoms with Crippen LogP contribution in [0, 0.1) is 5.92 Å². The summed E-state index contributed by atoms with van der Waals surface area (Å²) in [5, 5.41) is 3.09. The van der Waals surface area contributed by atoms with Crippen LogP contribution < -0.4 is 11.1 Å². The molecule has 0 spiro atoms. The van der Waals surface area contributed by atoms with Crippen molar-refractivity contribution in [2.45, 2.75) is 50.3 Å². The molecule has 3 N–H and O–H groups in total. The number of aryl methyl sites for hydroxylation is 2. The van der Waals surface area contributed by atoms with Gasteiger partial charge in [0.15, 0.2) is 0 Å². The van der Waals surface area contributed by atoms with Gasteiger partial charge in [0.1, 0.15) is 0 Å². The molecule has 3 aliphatic rings. The standard InChI is InChI=1S/C15H20N2O2S/c16-12-9-4-2-6-19-14(9)13(12)17-15(18)11-7-8-3-1-5-10(8)20-11/h7,9,12-14H,1-6,16H2,(H,17,18). The third-order valence-electron chi connectivity index (χ3n) is 4.95. The Kier molecular flexibility index (Phi) is 3.09. The second-order valence-corrected chi connectivity index (χ2v) is 7.27. The monoisotopic (exact) mass is 292 g/mol. The van der Waals surface area contributed by atoms with E-state index < -0.39 is 0 Å². The number of hydrogen-bond donors (Lipinski definition) is 2. The van der Waals surface area contributed by atoms with Gasteiger partial charge in [0, 0.05) is 23.4 Å². The molecule has 4 rings (SSSR count). The Balaban J connectivity index is 1.44. The lowest BCUT2D eigenvalue weighted by Crippen LogP contribution is -2.72. The summed E-state index contributed by atoms with van der Waals surface area (Å²) in [5.41, 5.74) is 7.55. The molecular weight excluding hydrogens is 272 g/mol. The van der Waals surface area contributed by atoms with Crippen LogP contribution in [-0.2, 0) is 17.6 Å². The van der Waals surface area contributed by atoms with Gasteiger partial charge < -0.3 is 15.8 Å². The van der Waals surface area contributed by atoms with Crippen molar-refractivity contribution in [2.75, 3.05) is 6.61 Å². The fourth-order valence-electron chi connectivity index (χ4n) is 3.79. The highest BCUT2D eigenvalue weighted by molar-refractivity contribution is 7.14. The summed E-state index contributed by atoms with van der Waals surface area (Å²) in [7, 11) is 0. The van der Waals surface area contributed by atoms with Crippen LogP contribution in [0.5, 0.6) is 0 Å². The zero-order chi connectivity index (χ0) is 13.7. The summed E-state index contributed by atoms with van der Waals surface area (Å²) in [6, 6.07) is 2.10. The van der Waals surface area contributed by atoms with Gasteiger partial charge in [-0.2, -0.15) is 0 Å². The van der Waals surface area contributed by atoms with Gasteiger partial charge in [0.25, 0.3) is 5.91 Å². The summed E-state index contributed by atoms with van der Waals surface area (Å²) in [6.45, 7) is 0.799. The number of carbonyl (C=O) groups excluding carboxylic acids is 1. The normalized spacial score (nSPS) is 35.0. The number of hydrogen-bond acceptors (Lipinski definition) is 4. The molecule has 4 nitrogen and oxygen atoms in total. The molecular formula is C15H20N2O2S. The lowest BCUT2D eigenvalue weighted by atomic mass is 9.68. The largest absolute Gasteiger partial charge is 0.376 e. The van der Waals surface area contributed by atoms with Crippen molar-refractivity contribution in [1.82, 2.24) is 5.32 Å².